The largest absolute Gasteiger partial charge is 0.487 e. The lowest BCUT2D eigenvalue weighted by atomic mass is 9.92. The number of amides is 1. The molecule has 260 valence electrons. The SMILES string of the molecule is CC(C)Oc1cc(-c2cnc(-c3ccc(C[C@H](CC(=O)c4ccc(C(C)(C)C)s4)C(=O)N[C@H](C)C(=O)O)cc3)nc2)cc(Cl)c1OC(C)C. The molecule has 0 fully saturated rings. The Labute approximate surface area is 297 Å². The third-order valence-electron chi connectivity index (χ3n) is 7.56. The van der Waals surface area contributed by atoms with Crippen molar-refractivity contribution in [3.63, 3.8) is 0 Å². The summed E-state index contributed by atoms with van der Waals surface area (Å²) >= 11 is 8.03. The van der Waals surface area contributed by atoms with Crippen molar-refractivity contribution in [2.45, 2.75) is 91.9 Å². The van der Waals surface area contributed by atoms with E-state index in [1.54, 1.807) is 24.5 Å². The highest BCUT2D eigenvalue weighted by Crippen LogP contribution is 2.41. The van der Waals surface area contributed by atoms with Crippen molar-refractivity contribution in [3.8, 4) is 34.0 Å². The summed E-state index contributed by atoms with van der Waals surface area (Å²) in [6, 6.07) is 13.8. The van der Waals surface area contributed by atoms with Crippen LogP contribution in [0, 0.1) is 5.92 Å². The minimum absolute atomic E-state index is 0.0485. The van der Waals surface area contributed by atoms with Gasteiger partial charge in [0.05, 0.1) is 22.1 Å². The Kier molecular flexibility index (Phi) is 12.2. The standard InChI is InChI=1S/C38H44ClN3O6S/c1-21(2)47-31-18-26(16-29(39)34(31)48-22(3)4)28-19-40-35(41-20-28)25-11-9-24(10-12-25)15-27(36(44)42-23(5)37(45)46)17-30(43)32-13-14-33(49-32)38(6,7)8/h9-14,16,18-23,27H,15,17H2,1-8H3,(H,42,44)(H,45,46)/t23-,27-/m1/s1. The molecule has 0 bridgehead atoms. The number of rotatable bonds is 14. The van der Waals surface area contributed by atoms with Crippen molar-refractivity contribution in [2.75, 3.05) is 0 Å². The fraction of sp³-hybridized carbons (Fsp3) is 0.395. The number of carbonyl (C=O) groups is 3. The van der Waals surface area contributed by atoms with Gasteiger partial charge in [-0.2, -0.15) is 0 Å². The Morgan fingerprint density at radius 2 is 1.51 bits per heavy atom. The van der Waals surface area contributed by atoms with E-state index < -0.39 is 23.8 Å². The van der Waals surface area contributed by atoms with Gasteiger partial charge in [0, 0.05) is 40.7 Å². The maximum atomic E-state index is 13.3. The first-order valence-electron chi connectivity index (χ1n) is 16.3. The number of aliphatic carboxylic acids is 1. The van der Waals surface area contributed by atoms with Gasteiger partial charge in [0.1, 0.15) is 6.04 Å². The van der Waals surface area contributed by atoms with Gasteiger partial charge in [0.25, 0.3) is 0 Å². The molecular formula is C38H44ClN3O6S. The Balaban J connectivity index is 1.53. The second-order valence-electron chi connectivity index (χ2n) is 13.6. The molecule has 0 aliphatic heterocycles. The maximum Gasteiger partial charge on any atom is 0.325 e. The molecule has 2 heterocycles. The zero-order chi connectivity index (χ0) is 36.0. The van der Waals surface area contributed by atoms with Gasteiger partial charge < -0.3 is 19.9 Å². The Bertz CT molecular complexity index is 1780. The fourth-order valence-electron chi connectivity index (χ4n) is 4.99. The molecule has 0 aliphatic carbocycles. The molecule has 1 amide bonds. The highest BCUT2D eigenvalue weighted by atomic mass is 35.5. The number of nitrogens with one attached hydrogen (secondary N) is 1. The second kappa shape index (κ2) is 16.0. The van der Waals surface area contributed by atoms with Crippen molar-refractivity contribution in [2.24, 2.45) is 5.92 Å². The fourth-order valence-corrected chi connectivity index (χ4v) is 6.26. The minimum atomic E-state index is -1.15. The smallest absolute Gasteiger partial charge is 0.325 e. The summed E-state index contributed by atoms with van der Waals surface area (Å²) in [5.41, 5.74) is 3.02. The molecule has 49 heavy (non-hydrogen) atoms. The Morgan fingerprint density at radius 3 is 2.06 bits per heavy atom. The number of hydrogen-bond donors (Lipinski definition) is 2. The average molecular weight is 706 g/mol. The van der Waals surface area contributed by atoms with E-state index in [0.29, 0.717) is 27.2 Å². The van der Waals surface area contributed by atoms with Crippen molar-refractivity contribution in [3.05, 3.63) is 81.3 Å². The normalized spacial score (nSPS) is 12.9. The Morgan fingerprint density at radius 1 is 0.878 bits per heavy atom. The number of Topliss-reactive ketones (excluding diaryl/α,β-unsaturated/α-hetero) is 1. The van der Waals surface area contributed by atoms with Crippen LogP contribution >= 0.6 is 22.9 Å². The molecule has 2 atom stereocenters. The van der Waals surface area contributed by atoms with E-state index in [4.69, 9.17) is 21.1 Å². The van der Waals surface area contributed by atoms with E-state index >= 15 is 0 Å². The van der Waals surface area contributed by atoms with Crippen molar-refractivity contribution in [1.82, 2.24) is 15.3 Å². The quantitative estimate of drug-likeness (QED) is 0.125. The molecule has 0 aliphatic rings. The van der Waals surface area contributed by atoms with Gasteiger partial charge in [-0.15, -0.1) is 11.3 Å². The summed E-state index contributed by atoms with van der Waals surface area (Å²) < 4.78 is 11.9. The van der Waals surface area contributed by atoms with Gasteiger partial charge in [0.15, 0.2) is 23.1 Å². The van der Waals surface area contributed by atoms with Crippen LogP contribution in [0.15, 0.2) is 60.9 Å². The van der Waals surface area contributed by atoms with Crippen LogP contribution in [0.3, 0.4) is 0 Å². The zero-order valence-electron chi connectivity index (χ0n) is 29.2. The van der Waals surface area contributed by atoms with E-state index in [2.05, 4.69) is 36.1 Å². The number of aromatic nitrogens is 2. The van der Waals surface area contributed by atoms with Gasteiger partial charge >= 0.3 is 5.97 Å². The number of ketones is 1. The monoisotopic (exact) mass is 705 g/mol. The predicted octanol–water partition coefficient (Wildman–Crippen LogP) is 8.42. The first-order valence-corrected chi connectivity index (χ1v) is 17.5. The van der Waals surface area contributed by atoms with E-state index in [1.807, 2.05) is 64.1 Å². The van der Waals surface area contributed by atoms with Crippen LogP contribution in [0.2, 0.25) is 5.02 Å². The van der Waals surface area contributed by atoms with Crippen LogP contribution < -0.4 is 14.8 Å². The molecule has 2 aromatic heterocycles. The lowest BCUT2D eigenvalue weighted by Crippen LogP contribution is -2.42. The molecule has 4 rings (SSSR count). The maximum absolute atomic E-state index is 13.3. The number of thiophene rings is 1. The van der Waals surface area contributed by atoms with E-state index in [1.165, 1.54) is 18.3 Å². The van der Waals surface area contributed by atoms with Gasteiger partial charge in [-0.05, 0) is 81.8 Å². The third-order valence-corrected chi connectivity index (χ3v) is 9.39. The van der Waals surface area contributed by atoms with Crippen LogP contribution in [0.4, 0.5) is 0 Å². The molecule has 4 aromatic rings. The molecule has 11 heteroatoms. The number of halogens is 1. The number of hydrogen-bond acceptors (Lipinski definition) is 8. The molecule has 0 saturated heterocycles. The van der Waals surface area contributed by atoms with E-state index in [0.717, 1.165) is 27.1 Å². The molecule has 9 nitrogen and oxygen atoms in total. The van der Waals surface area contributed by atoms with Crippen molar-refractivity contribution in [1.29, 1.82) is 0 Å². The summed E-state index contributed by atoms with van der Waals surface area (Å²) in [6.07, 6.45) is 3.48. The van der Waals surface area contributed by atoms with Crippen LogP contribution in [-0.2, 0) is 21.4 Å². The van der Waals surface area contributed by atoms with Gasteiger partial charge in [0.2, 0.25) is 5.91 Å². The van der Waals surface area contributed by atoms with Crippen LogP contribution in [0.25, 0.3) is 22.5 Å². The summed E-state index contributed by atoms with van der Waals surface area (Å²) in [5, 5.41) is 12.3. The van der Waals surface area contributed by atoms with Gasteiger partial charge in [-0.1, -0.05) is 56.6 Å². The first-order chi connectivity index (χ1) is 23.0. The summed E-state index contributed by atoms with van der Waals surface area (Å²) in [4.78, 5) is 48.8. The molecule has 0 unspecified atom stereocenters. The van der Waals surface area contributed by atoms with Crippen LogP contribution in [-0.4, -0.2) is 51.0 Å². The third kappa shape index (κ3) is 10.1. The lowest BCUT2D eigenvalue weighted by Gasteiger charge is -2.19. The second-order valence-corrected chi connectivity index (χ2v) is 15.1. The number of carboxylic acid groups (broad SMARTS) is 1. The highest BCUT2D eigenvalue weighted by molar-refractivity contribution is 7.14. The van der Waals surface area contributed by atoms with Crippen LogP contribution in [0.1, 0.15) is 81.9 Å². The number of carbonyl (C=O) groups excluding carboxylic acids is 2. The van der Waals surface area contributed by atoms with E-state index in [-0.39, 0.29) is 36.2 Å². The molecule has 2 N–H and O–H groups in total. The van der Waals surface area contributed by atoms with Gasteiger partial charge in [-0.25, -0.2) is 9.97 Å². The summed E-state index contributed by atoms with van der Waals surface area (Å²) in [7, 11) is 0. The summed E-state index contributed by atoms with van der Waals surface area (Å²) in [6.45, 7) is 15.4. The van der Waals surface area contributed by atoms with Crippen molar-refractivity contribution >= 4 is 40.6 Å². The number of benzene rings is 2. The topological polar surface area (TPSA) is 128 Å². The zero-order valence-corrected chi connectivity index (χ0v) is 30.7. The molecular weight excluding hydrogens is 662 g/mol. The molecule has 0 saturated carbocycles. The predicted molar refractivity (Wildman–Crippen MR) is 194 cm³/mol. The number of carboxylic acids is 1. The average Bonchev–Trinajstić information content (AvgIpc) is 3.54. The van der Waals surface area contributed by atoms with Crippen molar-refractivity contribution < 1.29 is 29.0 Å². The first kappa shape index (κ1) is 37.5. The lowest BCUT2D eigenvalue weighted by molar-refractivity contribution is -0.141. The van der Waals surface area contributed by atoms with Gasteiger partial charge in [-0.3, -0.25) is 14.4 Å². The molecule has 0 spiro atoms. The molecule has 2 aromatic carbocycles. The summed E-state index contributed by atoms with van der Waals surface area (Å²) in [5.74, 6) is -0.997. The number of ether oxygens (including phenoxy) is 2. The molecule has 0 radical (unpaired) electrons. The van der Waals surface area contributed by atoms with E-state index in [9.17, 15) is 19.5 Å². The minimum Gasteiger partial charge on any atom is -0.487 e. The van der Waals surface area contributed by atoms with Crippen LogP contribution in [0.5, 0.6) is 11.5 Å². The Hall–Kier alpha value is -4.28. The number of nitrogens with zero attached hydrogens (tertiary/aromatic N) is 2. The highest BCUT2D eigenvalue weighted by Gasteiger charge is 2.27.